The second-order valence-electron chi connectivity index (χ2n) is 5.89. The molecular weight excluding hydrogens is 226 g/mol. The molecule has 0 bridgehead atoms. The highest BCUT2D eigenvalue weighted by molar-refractivity contribution is 5.09. The summed E-state index contributed by atoms with van der Waals surface area (Å²) in [6, 6.07) is 3.79. The van der Waals surface area contributed by atoms with Gasteiger partial charge in [0.1, 0.15) is 0 Å². The summed E-state index contributed by atoms with van der Waals surface area (Å²) in [7, 11) is 0. The third-order valence-electron chi connectivity index (χ3n) is 4.16. The Bertz CT molecular complexity index is 464. The average Bonchev–Trinajstić information content (AvgIpc) is 2.28. The third kappa shape index (κ3) is 2.66. The first-order chi connectivity index (χ1) is 8.49. The summed E-state index contributed by atoms with van der Waals surface area (Å²) in [5, 5.41) is 9.87. The van der Waals surface area contributed by atoms with Gasteiger partial charge < -0.3 is 9.67 Å². The summed E-state index contributed by atoms with van der Waals surface area (Å²) in [6.07, 6.45) is 4.18. The van der Waals surface area contributed by atoms with Crippen molar-refractivity contribution in [3.05, 3.63) is 34.2 Å². The van der Waals surface area contributed by atoms with E-state index in [9.17, 15) is 9.90 Å². The van der Waals surface area contributed by atoms with Crippen LogP contribution in [0.25, 0.3) is 0 Å². The predicted molar refractivity (Wildman–Crippen MR) is 72.7 cm³/mol. The zero-order chi connectivity index (χ0) is 13.3. The van der Waals surface area contributed by atoms with Crippen molar-refractivity contribution < 1.29 is 5.11 Å². The fourth-order valence-electron chi connectivity index (χ4n) is 3.11. The molecule has 1 N–H and O–H groups in total. The SMILES string of the molecule is Cc1ccn(C2CC(O)CCC2C(C)C)c(=O)c1. The molecule has 18 heavy (non-hydrogen) atoms. The monoisotopic (exact) mass is 249 g/mol. The quantitative estimate of drug-likeness (QED) is 0.875. The van der Waals surface area contributed by atoms with Crippen LogP contribution in [0.5, 0.6) is 0 Å². The van der Waals surface area contributed by atoms with Crippen LogP contribution in [0.3, 0.4) is 0 Å². The van der Waals surface area contributed by atoms with Crippen molar-refractivity contribution in [2.75, 3.05) is 0 Å². The second-order valence-corrected chi connectivity index (χ2v) is 5.89. The summed E-state index contributed by atoms with van der Waals surface area (Å²) in [5.41, 5.74) is 1.05. The molecule has 0 amide bonds. The number of rotatable bonds is 2. The van der Waals surface area contributed by atoms with Gasteiger partial charge in [-0.3, -0.25) is 4.79 Å². The largest absolute Gasteiger partial charge is 0.393 e. The summed E-state index contributed by atoms with van der Waals surface area (Å²) in [5.74, 6) is 1.02. The minimum atomic E-state index is -0.266. The van der Waals surface area contributed by atoms with Gasteiger partial charge in [-0.1, -0.05) is 13.8 Å². The maximum Gasteiger partial charge on any atom is 0.251 e. The molecular formula is C15H23NO2. The minimum Gasteiger partial charge on any atom is -0.393 e. The first-order valence-electron chi connectivity index (χ1n) is 6.86. The number of aromatic nitrogens is 1. The van der Waals surface area contributed by atoms with Crippen LogP contribution in [0.15, 0.2) is 23.1 Å². The summed E-state index contributed by atoms with van der Waals surface area (Å²) in [6.45, 7) is 6.34. The Balaban J connectivity index is 2.35. The number of nitrogens with zero attached hydrogens (tertiary/aromatic N) is 1. The van der Waals surface area contributed by atoms with Gasteiger partial charge >= 0.3 is 0 Å². The molecule has 3 unspecified atom stereocenters. The lowest BCUT2D eigenvalue weighted by atomic mass is 9.76. The third-order valence-corrected chi connectivity index (χ3v) is 4.16. The standard InChI is InChI=1S/C15H23NO2/c1-10(2)13-5-4-12(17)9-14(13)16-7-6-11(3)8-15(16)18/h6-8,10,12-14,17H,4-5,9H2,1-3H3. The van der Waals surface area contributed by atoms with E-state index in [0.29, 0.717) is 18.3 Å². The van der Waals surface area contributed by atoms with Crippen molar-refractivity contribution in [2.24, 2.45) is 11.8 Å². The molecule has 0 saturated heterocycles. The molecule has 2 rings (SSSR count). The number of aryl methyl sites for hydroxylation is 1. The normalized spacial score (nSPS) is 28.6. The number of pyridine rings is 1. The molecule has 1 saturated carbocycles. The minimum absolute atomic E-state index is 0.0553. The van der Waals surface area contributed by atoms with E-state index >= 15 is 0 Å². The Morgan fingerprint density at radius 2 is 2.11 bits per heavy atom. The topological polar surface area (TPSA) is 42.2 Å². The van der Waals surface area contributed by atoms with Crippen molar-refractivity contribution >= 4 is 0 Å². The Kier molecular flexibility index (Phi) is 3.91. The van der Waals surface area contributed by atoms with Gasteiger partial charge in [0, 0.05) is 18.3 Å². The van der Waals surface area contributed by atoms with Crippen LogP contribution in [0.4, 0.5) is 0 Å². The molecule has 0 spiro atoms. The highest BCUT2D eigenvalue weighted by atomic mass is 16.3. The highest BCUT2D eigenvalue weighted by Crippen LogP contribution is 2.37. The molecule has 3 nitrogen and oxygen atoms in total. The van der Waals surface area contributed by atoms with Gasteiger partial charge in [-0.05, 0) is 49.7 Å². The average molecular weight is 249 g/mol. The van der Waals surface area contributed by atoms with E-state index < -0.39 is 0 Å². The number of aliphatic hydroxyl groups is 1. The van der Waals surface area contributed by atoms with E-state index in [1.54, 1.807) is 6.07 Å². The smallest absolute Gasteiger partial charge is 0.251 e. The second kappa shape index (κ2) is 5.27. The number of aliphatic hydroxyl groups excluding tert-OH is 1. The molecule has 0 radical (unpaired) electrons. The number of hydrogen-bond donors (Lipinski definition) is 1. The van der Waals surface area contributed by atoms with Gasteiger partial charge in [-0.15, -0.1) is 0 Å². The molecule has 0 aliphatic heterocycles. The fraction of sp³-hybridized carbons (Fsp3) is 0.667. The van der Waals surface area contributed by atoms with Crippen LogP contribution in [0.2, 0.25) is 0 Å². The van der Waals surface area contributed by atoms with E-state index in [2.05, 4.69) is 13.8 Å². The maximum absolute atomic E-state index is 12.1. The molecule has 1 aliphatic carbocycles. The van der Waals surface area contributed by atoms with Crippen molar-refractivity contribution in [2.45, 2.75) is 52.2 Å². The van der Waals surface area contributed by atoms with Crippen LogP contribution >= 0.6 is 0 Å². The maximum atomic E-state index is 12.1. The Morgan fingerprint density at radius 3 is 2.72 bits per heavy atom. The van der Waals surface area contributed by atoms with Gasteiger partial charge in [0.25, 0.3) is 5.56 Å². The van der Waals surface area contributed by atoms with Gasteiger partial charge in [-0.25, -0.2) is 0 Å². The zero-order valence-electron chi connectivity index (χ0n) is 11.5. The number of hydrogen-bond acceptors (Lipinski definition) is 2. The molecule has 0 aromatic carbocycles. The first kappa shape index (κ1) is 13.3. The molecule has 1 aromatic heterocycles. The Morgan fingerprint density at radius 1 is 1.39 bits per heavy atom. The predicted octanol–water partition coefficient (Wildman–Crippen LogP) is 2.51. The summed E-state index contributed by atoms with van der Waals surface area (Å²) < 4.78 is 1.82. The molecule has 1 aliphatic rings. The zero-order valence-corrected chi connectivity index (χ0v) is 11.5. The highest BCUT2D eigenvalue weighted by Gasteiger charge is 2.32. The molecule has 1 aromatic rings. The van der Waals surface area contributed by atoms with E-state index in [4.69, 9.17) is 0 Å². The molecule has 3 atom stereocenters. The molecule has 3 heteroatoms. The Hall–Kier alpha value is -1.09. The van der Waals surface area contributed by atoms with Crippen LogP contribution in [0, 0.1) is 18.8 Å². The molecule has 1 fully saturated rings. The van der Waals surface area contributed by atoms with Gasteiger partial charge in [0.05, 0.1) is 6.10 Å². The van der Waals surface area contributed by atoms with E-state index in [0.717, 1.165) is 18.4 Å². The van der Waals surface area contributed by atoms with Gasteiger partial charge in [0.15, 0.2) is 0 Å². The molecule has 100 valence electrons. The summed E-state index contributed by atoms with van der Waals surface area (Å²) >= 11 is 0. The fourth-order valence-corrected chi connectivity index (χ4v) is 3.11. The van der Waals surface area contributed by atoms with Crippen molar-refractivity contribution in [3.63, 3.8) is 0 Å². The summed E-state index contributed by atoms with van der Waals surface area (Å²) in [4.78, 5) is 12.1. The van der Waals surface area contributed by atoms with E-state index in [1.165, 1.54) is 0 Å². The van der Waals surface area contributed by atoms with Gasteiger partial charge in [-0.2, -0.15) is 0 Å². The molecule has 1 heterocycles. The lowest BCUT2D eigenvalue weighted by Gasteiger charge is -2.37. The lowest BCUT2D eigenvalue weighted by molar-refractivity contribution is 0.0555. The van der Waals surface area contributed by atoms with Crippen molar-refractivity contribution in [1.82, 2.24) is 4.57 Å². The van der Waals surface area contributed by atoms with Gasteiger partial charge in [0.2, 0.25) is 0 Å². The van der Waals surface area contributed by atoms with Crippen LogP contribution in [-0.4, -0.2) is 15.8 Å². The lowest BCUT2D eigenvalue weighted by Crippen LogP contribution is -2.37. The van der Waals surface area contributed by atoms with Crippen LogP contribution in [0.1, 0.15) is 44.7 Å². The van der Waals surface area contributed by atoms with E-state index in [1.807, 2.05) is 23.8 Å². The van der Waals surface area contributed by atoms with E-state index in [-0.39, 0.29) is 17.7 Å². The Labute approximate surface area is 108 Å². The van der Waals surface area contributed by atoms with Crippen LogP contribution < -0.4 is 5.56 Å². The van der Waals surface area contributed by atoms with Crippen molar-refractivity contribution in [1.29, 1.82) is 0 Å². The van der Waals surface area contributed by atoms with Crippen molar-refractivity contribution in [3.8, 4) is 0 Å². The first-order valence-corrected chi connectivity index (χ1v) is 6.86. The van der Waals surface area contributed by atoms with Crippen LogP contribution in [-0.2, 0) is 0 Å².